The van der Waals surface area contributed by atoms with E-state index in [4.69, 9.17) is 4.74 Å². The molecular weight excluding hydrogens is 311 g/mol. The van der Waals surface area contributed by atoms with Gasteiger partial charge in [0.25, 0.3) is 0 Å². The molecule has 136 valence electrons. The maximum atomic E-state index is 12.5. The molecule has 0 aromatic heterocycles. The Morgan fingerprint density at radius 1 is 1.04 bits per heavy atom. The maximum Gasteiger partial charge on any atom is 0.322 e. The number of hydrogen-bond donors (Lipinski definition) is 1. The van der Waals surface area contributed by atoms with Crippen LogP contribution < -0.4 is 5.32 Å². The smallest absolute Gasteiger partial charge is 0.322 e. The van der Waals surface area contributed by atoms with Crippen molar-refractivity contribution in [3.05, 3.63) is 0 Å². The summed E-state index contributed by atoms with van der Waals surface area (Å²) in [5, 5.41) is 2.59. The van der Waals surface area contributed by atoms with E-state index < -0.39 is 28.4 Å². The lowest BCUT2D eigenvalue weighted by molar-refractivity contribution is -0.174. The Morgan fingerprint density at radius 3 is 1.88 bits per heavy atom. The first-order valence-corrected chi connectivity index (χ1v) is 7.92. The molecule has 8 heteroatoms. The molecule has 0 aliphatic carbocycles. The molecule has 0 bridgehead atoms. The molecule has 2 amide bonds. The van der Waals surface area contributed by atoms with Gasteiger partial charge in [-0.15, -0.1) is 0 Å². The predicted octanol–water partition coefficient (Wildman–Crippen LogP) is -0.133. The highest BCUT2D eigenvalue weighted by Crippen LogP contribution is 2.24. The monoisotopic (exact) mass is 340 g/mol. The number of carbonyl (C=O) groups is 4. The van der Waals surface area contributed by atoms with Crippen LogP contribution in [0.25, 0.3) is 0 Å². The minimum atomic E-state index is -1.55. The Balaban J connectivity index is 5.24. The molecule has 0 rings (SSSR count). The van der Waals surface area contributed by atoms with E-state index >= 15 is 0 Å². The van der Waals surface area contributed by atoms with Gasteiger partial charge < -0.3 is 15.0 Å². The second kappa shape index (κ2) is 7.36. The Labute approximate surface area is 144 Å². The number of hydrogen-bond acceptors (Lipinski definition) is 5. The van der Waals surface area contributed by atoms with Crippen molar-refractivity contribution < 1.29 is 23.9 Å². The van der Waals surface area contributed by atoms with Gasteiger partial charge in [0.15, 0.2) is 11.4 Å². The molecule has 24 heavy (non-hydrogen) atoms. The number of esters is 1. The highest BCUT2D eigenvalue weighted by molar-refractivity contribution is 6.10. The van der Waals surface area contributed by atoms with E-state index in [0.717, 1.165) is 0 Å². The van der Waals surface area contributed by atoms with E-state index in [1.165, 1.54) is 39.5 Å². The fourth-order valence-corrected chi connectivity index (χ4v) is 1.64. The summed E-state index contributed by atoms with van der Waals surface area (Å²) >= 11 is 0. The van der Waals surface area contributed by atoms with Gasteiger partial charge in [-0.3, -0.25) is 19.2 Å². The lowest BCUT2D eigenvalue weighted by Crippen LogP contribution is -2.59. The number of amides is 2. The SMILES string of the molecule is BCN(C)C(=O)C(C)(C)NC(=O)C(C)(C)C(=O)OC(C)(C)C(C)=O. The zero-order chi connectivity index (χ0) is 19.5. The van der Waals surface area contributed by atoms with Crippen molar-refractivity contribution in [1.29, 1.82) is 0 Å². The molecule has 0 saturated heterocycles. The van der Waals surface area contributed by atoms with Gasteiger partial charge in [-0.25, -0.2) is 0 Å². The lowest BCUT2D eigenvalue weighted by Gasteiger charge is -2.34. The summed E-state index contributed by atoms with van der Waals surface area (Å²) in [5.74, 6) is -2.07. The average molecular weight is 340 g/mol. The highest BCUT2D eigenvalue weighted by Gasteiger charge is 2.44. The number of likely N-dealkylation sites (N-methyl/N-ethyl adjacent to an activating group) is 1. The molecule has 0 aromatic rings. The van der Waals surface area contributed by atoms with Crippen LogP contribution in [-0.4, -0.2) is 60.9 Å². The molecule has 1 N–H and O–H groups in total. The van der Waals surface area contributed by atoms with Crippen molar-refractivity contribution in [3.63, 3.8) is 0 Å². The summed E-state index contributed by atoms with van der Waals surface area (Å²) in [6.45, 7) is 10.2. The Morgan fingerprint density at radius 2 is 1.50 bits per heavy atom. The molecule has 0 atom stereocenters. The van der Waals surface area contributed by atoms with Crippen LogP contribution in [0.1, 0.15) is 48.5 Å². The van der Waals surface area contributed by atoms with Crippen LogP contribution in [0, 0.1) is 5.41 Å². The fourth-order valence-electron chi connectivity index (χ4n) is 1.64. The van der Waals surface area contributed by atoms with Gasteiger partial charge in [0.2, 0.25) is 11.8 Å². The van der Waals surface area contributed by atoms with Crippen molar-refractivity contribution in [2.75, 3.05) is 13.5 Å². The number of ketones is 1. The van der Waals surface area contributed by atoms with Gasteiger partial charge in [0, 0.05) is 7.05 Å². The minimum absolute atomic E-state index is 0.272. The topological polar surface area (TPSA) is 92.8 Å². The lowest BCUT2D eigenvalue weighted by atomic mass is 9.89. The first-order valence-electron chi connectivity index (χ1n) is 7.92. The minimum Gasteiger partial charge on any atom is -0.451 e. The molecule has 0 fully saturated rings. The first-order chi connectivity index (χ1) is 10.6. The third kappa shape index (κ3) is 5.07. The van der Waals surface area contributed by atoms with Gasteiger partial charge in [-0.05, 0) is 54.9 Å². The van der Waals surface area contributed by atoms with Crippen molar-refractivity contribution >= 4 is 31.4 Å². The largest absolute Gasteiger partial charge is 0.451 e. The number of carbonyl (C=O) groups excluding carboxylic acids is 4. The third-order valence-corrected chi connectivity index (χ3v) is 4.06. The quantitative estimate of drug-likeness (QED) is 0.396. The Hall–Kier alpha value is -1.86. The normalized spacial score (nSPS) is 12.3. The summed E-state index contributed by atoms with van der Waals surface area (Å²) < 4.78 is 5.18. The number of rotatable bonds is 7. The molecule has 0 aromatic carbocycles. The molecule has 0 radical (unpaired) electrons. The van der Waals surface area contributed by atoms with Crippen molar-refractivity contribution in [2.45, 2.75) is 59.6 Å². The Kier molecular flexibility index (Phi) is 6.79. The summed E-state index contributed by atoms with van der Waals surface area (Å²) in [4.78, 5) is 50.1. The fraction of sp³-hybridized carbons (Fsp3) is 0.750. The van der Waals surface area contributed by atoms with E-state index in [9.17, 15) is 19.2 Å². The molecule has 7 nitrogen and oxygen atoms in total. The van der Waals surface area contributed by atoms with Crippen LogP contribution in [0.4, 0.5) is 0 Å². The van der Waals surface area contributed by atoms with E-state index in [0.29, 0.717) is 6.44 Å². The van der Waals surface area contributed by atoms with Crippen molar-refractivity contribution in [3.8, 4) is 0 Å². The van der Waals surface area contributed by atoms with Crippen LogP contribution in [0.5, 0.6) is 0 Å². The van der Waals surface area contributed by atoms with Gasteiger partial charge >= 0.3 is 5.97 Å². The van der Waals surface area contributed by atoms with Gasteiger partial charge in [-0.1, -0.05) is 0 Å². The van der Waals surface area contributed by atoms with Crippen molar-refractivity contribution in [2.24, 2.45) is 5.41 Å². The second-order valence-corrected chi connectivity index (χ2v) is 7.48. The van der Waals surface area contributed by atoms with Crippen molar-refractivity contribution in [1.82, 2.24) is 10.2 Å². The van der Waals surface area contributed by atoms with Gasteiger partial charge in [-0.2, -0.15) is 0 Å². The maximum absolute atomic E-state index is 12.5. The standard InChI is InChI=1S/C16H29BN2O5/c1-10(20)16(6,7)24-13(23)14(2,3)11(21)18-15(4,5)12(22)19(8)9-17/h9,17H2,1-8H3,(H,18,21). The third-order valence-electron chi connectivity index (χ3n) is 4.06. The zero-order valence-electron chi connectivity index (χ0n) is 16.2. The number of nitrogens with zero attached hydrogens (tertiary/aromatic N) is 1. The van der Waals surface area contributed by atoms with E-state index in [1.807, 2.05) is 7.85 Å². The summed E-state index contributed by atoms with van der Waals surface area (Å²) in [6, 6.07) is 0. The molecule has 0 aliphatic heterocycles. The van der Waals surface area contributed by atoms with Crippen LogP contribution >= 0.6 is 0 Å². The van der Waals surface area contributed by atoms with Gasteiger partial charge in [0.05, 0.1) is 0 Å². The molecule has 0 saturated carbocycles. The molecule has 0 spiro atoms. The molecular formula is C16H29BN2O5. The Bertz CT molecular complexity index is 541. The average Bonchev–Trinajstić information content (AvgIpc) is 2.44. The summed E-state index contributed by atoms with van der Waals surface area (Å²) in [6.07, 6.45) is 0.496. The van der Waals surface area contributed by atoms with Crippen LogP contribution in [0.15, 0.2) is 0 Å². The predicted molar refractivity (Wildman–Crippen MR) is 93.0 cm³/mol. The van der Waals surface area contributed by atoms with Crippen LogP contribution in [0.2, 0.25) is 0 Å². The number of ether oxygens (including phenoxy) is 1. The molecule has 0 aliphatic rings. The number of nitrogens with one attached hydrogen (secondary N) is 1. The van der Waals surface area contributed by atoms with E-state index in [2.05, 4.69) is 5.32 Å². The second-order valence-electron chi connectivity index (χ2n) is 7.48. The van der Waals surface area contributed by atoms with E-state index in [1.54, 1.807) is 20.9 Å². The molecule has 0 unspecified atom stereocenters. The zero-order valence-corrected chi connectivity index (χ0v) is 16.2. The number of Topliss-reactive ketones (excluding diaryl/α,β-unsaturated/α-hetero) is 1. The van der Waals surface area contributed by atoms with Crippen LogP contribution in [-0.2, 0) is 23.9 Å². The van der Waals surface area contributed by atoms with Gasteiger partial charge in [0.1, 0.15) is 18.8 Å². The summed E-state index contributed by atoms with van der Waals surface area (Å²) in [7, 11) is 3.45. The van der Waals surface area contributed by atoms with E-state index in [-0.39, 0.29) is 11.7 Å². The highest BCUT2D eigenvalue weighted by atomic mass is 16.6. The summed E-state index contributed by atoms with van der Waals surface area (Å²) in [5.41, 5.74) is -4.03. The van der Waals surface area contributed by atoms with Crippen LogP contribution in [0.3, 0.4) is 0 Å². The first kappa shape index (κ1) is 22.1. The molecule has 0 heterocycles.